The Bertz CT molecular complexity index is 614. The van der Waals surface area contributed by atoms with Crippen LogP contribution in [0, 0.1) is 0 Å². The molecule has 0 bridgehead atoms. The first-order valence-corrected chi connectivity index (χ1v) is 8.67. The molecule has 0 aliphatic carbocycles. The predicted octanol–water partition coefficient (Wildman–Crippen LogP) is 2.95. The van der Waals surface area contributed by atoms with Crippen molar-refractivity contribution in [2.24, 2.45) is 5.73 Å². The molecule has 0 unspecified atom stereocenters. The number of carbonyl (C=O) groups excluding carboxylic acids is 1. The topological polar surface area (TPSA) is 58.4 Å². The van der Waals surface area contributed by atoms with Crippen LogP contribution >= 0.6 is 11.8 Å². The van der Waals surface area contributed by atoms with E-state index in [-0.39, 0.29) is 5.91 Å². The summed E-state index contributed by atoms with van der Waals surface area (Å²) in [5.41, 5.74) is 9.06. The second kappa shape index (κ2) is 8.60. The van der Waals surface area contributed by atoms with Gasteiger partial charge in [-0.15, -0.1) is 0 Å². The molecule has 2 aromatic carbocycles. The number of hydrogen-bond donors (Lipinski definition) is 2. The third-order valence-corrected chi connectivity index (χ3v) is 4.53. The van der Waals surface area contributed by atoms with E-state index in [1.54, 1.807) is 11.8 Å². The summed E-state index contributed by atoms with van der Waals surface area (Å²) in [4.78, 5) is 14.1. The first-order valence-electron chi connectivity index (χ1n) is 7.52. The van der Waals surface area contributed by atoms with Gasteiger partial charge in [0.25, 0.3) is 0 Å². The Balaban J connectivity index is 1.78. The summed E-state index contributed by atoms with van der Waals surface area (Å²) in [6.45, 7) is 0. The second-order valence-electron chi connectivity index (χ2n) is 5.54. The van der Waals surface area contributed by atoms with E-state index in [4.69, 9.17) is 5.73 Å². The smallest absolute Gasteiger partial charge is 0.242 e. The van der Waals surface area contributed by atoms with E-state index in [1.165, 1.54) is 5.56 Å². The van der Waals surface area contributed by atoms with Crippen LogP contribution in [0.15, 0.2) is 54.6 Å². The van der Waals surface area contributed by atoms with Crippen molar-refractivity contribution >= 4 is 29.0 Å². The molecule has 5 heteroatoms. The van der Waals surface area contributed by atoms with Gasteiger partial charge in [0.05, 0.1) is 6.04 Å². The Morgan fingerprint density at radius 2 is 1.78 bits per heavy atom. The minimum absolute atomic E-state index is 0.150. The number of nitrogens with zero attached hydrogens (tertiary/aromatic N) is 1. The lowest BCUT2D eigenvalue weighted by atomic mass is 10.2. The summed E-state index contributed by atoms with van der Waals surface area (Å²) in [6, 6.07) is 17.4. The highest BCUT2D eigenvalue weighted by molar-refractivity contribution is 7.98. The number of nitrogens with two attached hydrogens (primary N) is 1. The lowest BCUT2D eigenvalue weighted by Crippen LogP contribution is -2.37. The van der Waals surface area contributed by atoms with Crippen molar-refractivity contribution < 1.29 is 4.79 Å². The molecule has 0 saturated heterocycles. The zero-order chi connectivity index (χ0) is 16.7. The molecular formula is C18H23N3OS. The zero-order valence-electron chi connectivity index (χ0n) is 13.5. The van der Waals surface area contributed by atoms with Gasteiger partial charge >= 0.3 is 0 Å². The normalized spacial score (nSPS) is 11.8. The molecule has 0 fully saturated rings. The summed E-state index contributed by atoms with van der Waals surface area (Å²) in [6.07, 6.45) is 0. The van der Waals surface area contributed by atoms with Crippen molar-refractivity contribution in [3.05, 3.63) is 60.2 Å². The molecule has 1 atom stereocenters. The van der Waals surface area contributed by atoms with E-state index in [2.05, 4.69) is 17.4 Å². The predicted molar refractivity (Wildman–Crippen MR) is 100.0 cm³/mol. The van der Waals surface area contributed by atoms with Crippen LogP contribution in [0.5, 0.6) is 0 Å². The maximum Gasteiger partial charge on any atom is 0.242 e. The van der Waals surface area contributed by atoms with Gasteiger partial charge in [-0.25, -0.2) is 0 Å². The average Bonchev–Trinajstić information content (AvgIpc) is 2.56. The Morgan fingerprint density at radius 3 is 2.39 bits per heavy atom. The van der Waals surface area contributed by atoms with Gasteiger partial charge < -0.3 is 16.0 Å². The van der Waals surface area contributed by atoms with Crippen LogP contribution in [-0.4, -0.2) is 31.8 Å². The SMILES string of the molecule is CN(C)c1ccc(NC(=O)[C@@H](N)CSCc2ccccc2)cc1. The second-order valence-corrected chi connectivity index (χ2v) is 6.57. The lowest BCUT2D eigenvalue weighted by molar-refractivity contribution is -0.116. The number of carbonyl (C=O) groups is 1. The van der Waals surface area contributed by atoms with Gasteiger partial charge in [0.2, 0.25) is 5.91 Å². The van der Waals surface area contributed by atoms with Crippen molar-refractivity contribution in [3.63, 3.8) is 0 Å². The van der Waals surface area contributed by atoms with E-state index in [0.717, 1.165) is 17.1 Å². The fourth-order valence-electron chi connectivity index (χ4n) is 2.03. The Labute approximate surface area is 142 Å². The Morgan fingerprint density at radius 1 is 1.13 bits per heavy atom. The minimum atomic E-state index is -0.516. The van der Waals surface area contributed by atoms with E-state index in [9.17, 15) is 4.79 Å². The maximum absolute atomic E-state index is 12.1. The molecule has 4 nitrogen and oxygen atoms in total. The van der Waals surface area contributed by atoms with E-state index in [1.807, 2.05) is 61.5 Å². The van der Waals surface area contributed by atoms with Crippen LogP contribution in [0.25, 0.3) is 0 Å². The Kier molecular flexibility index (Phi) is 6.50. The minimum Gasteiger partial charge on any atom is -0.378 e. The zero-order valence-corrected chi connectivity index (χ0v) is 14.3. The van der Waals surface area contributed by atoms with Crippen LogP contribution in [0.4, 0.5) is 11.4 Å². The van der Waals surface area contributed by atoms with Crippen molar-refractivity contribution in [2.75, 3.05) is 30.1 Å². The molecule has 2 aromatic rings. The lowest BCUT2D eigenvalue weighted by Gasteiger charge is -2.15. The fourth-order valence-corrected chi connectivity index (χ4v) is 2.98. The third-order valence-electron chi connectivity index (χ3n) is 3.40. The molecular weight excluding hydrogens is 306 g/mol. The maximum atomic E-state index is 12.1. The van der Waals surface area contributed by atoms with Crippen molar-refractivity contribution in [2.45, 2.75) is 11.8 Å². The number of rotatable bonds is 7. The summed E-state index contributed by atoms with van der Waals surface area (Å²) in [5.74, 6) is 1.30. The molecule has 23 heavy (non-hydrogen) atoms. The fraction of sp³-hybridized carbons (Fsp3) is 0.278. The van der Waals surface area contributed by atoms with E-state index < -0.39 is 6.04 Å². The molecule has 0 aliphatic rings. The first-order chi connectivity index (χ1) is 11.1. The number of benzene rings is 2. The van der Waals surface area contributed by atoms with Gasteiger partial charge in [-0.1, -0.05) is 30.3 Å². The molecule has 0 radical (unpaired) electrons. The molecule has 0 aliphatic heterocycles. The third kappa shape index (κ3) is 5.62. The number of anilines is 2. The van der Waals surface area contributed by atoms with Crippen LogP contribution < -0.4 is 16.0 Å². The highest BCUT2D eigenvalue weighted by atomic mass is 32.2. The van der Waals surface area contributed by atoms with Crippen LogP contribution in [0.2, 0.25) is 0 Å². The average molecular weight is 329 g/mol. The highest BCUT2D eigenvalue weighted by Crippen LogP contribution is 2.16. The monoisotopic (exact) mass is 329 g/mol. The molecule has 0 aromatic heterocycles. The number of nitrogens with one attached hydrogen (secondary N) is 1. The van der Waals surface area contributed by atoms with Crippen LogP contribution in [-0.2, 0) is 10.5 Å². The van der Waals surface area contributed by atoms with Gasteiger partial charge in [-0.2, -0.15) is 11.8 Å². The summed E-state index contributed by atoms with van der Waals surface area (Å²) in [5, 5.41) is 2.86. The molecule has 0 saturated carbocycles. The van der Waals surface area contributed by atoms with Crippen LogP contribution in [0.1, 0.15) is 5.56 Å². The summed E-state index contributed by atoms with van der Waals surface area (Å²) < 4.78 is 0. The molecule has 2 rings (SSSR count). The summed E-state index contributed by atoms with van der Waals surface area (Å²) in [7, 11) is 3.96. The molecule has 122 valence electrons. The van der Waals surface area contributed by atoms with Gasteiger partial charge in [0.1, 0.15) is 0 Å². The number of amides is 1. The van der Waals surface area contributed by atoms with Gasteiger partial charge in [0, 0.05) is 37.0 Å². The number of hydrogen-bond acceptors (Lipinski definition) is 4. The van der Waals surface area contributed by atoms with Gasteiger partial charge in [0.15, 0.2) is 0 Å². The van der Waals surface area contributed by atoms with Crippen molar-refractivity contribution in [1.29, 1.82) is 0 Å². The molecule has 0 spiro atoms. The van der Waals surface area contributed by atoms with Crippen molar-refractivity contribution in [3.8, 4) is 0 Å². The largest absolute Gasteiger partial charge is 0.378 e. The van der Waals surface area contributed by atoms with Crippen molar-refractivity contribution in [1.82, 2.24) is 0 Å². The Hall–Kier alpha value is -1.98. The standard InChI is InChI=1S/C18H23N3OS/c1-21(2)16-10-8-15(9-11-16)20-18(22)17(19)13-23-12-14-6-4-3-5-7-14/h3-11,17H,12-13,19H2,1-2H3,(H,20,22)/t17-/m0/s1. The van der Waals surface area contributed by atoms with Gasteiger partial charge in [-0.05, 0) is 29.8 Å². The quantitative estimate of drug-likeness (QED) is 0.820. The summed E-state index contributed by atoms with van der Waals surface area (Å²) >= 11 is 1.67. The molecule has 0 heterocycles. The molecule has 3 N–H and O–H groups in total. The first kappa shape index (κ1) is 17.4. The highest BCUT2D eigenvalue weighted by Gasteiger charge is 2.13. The molecule has 1 amide bonds. The van der Waals surface area contributed by atoms with Crippen LogP contribution in [0.3, 0.4) is 0 Å². The van der Waals surface area contributed by atoms with E-state index in [0.29, 0.717) is 5.75 Å². The number of thioether (sulfide) groups is 1. The van der Waals surface area contributed by atoms with E-state index >= 15 is 0 Å². The van der Waals surface area contributed by atoms with Gasteiger partial charge in [-0.3, -0.25) is 4.79 Å².